The van der Waals surface area contributed by atoms with Crippen molar-refractivity contribution in [3.8, 4) is 0 Å². The summed E-state index contributed by atoms with van der Waals surface area (Å²) < 4.78 is 0. The standard InChI is InChI=1S/C10H15N3/c1-13(8-4-5-8)10-3-2-6-12-9(10)7-11/h2-3,6,8H,4-5,7,11H2,1H3. The molecule has 1 aliphatic carbocycles. The molecule has 1 saturated carbocycles. The zero-order chi connectivity index (χ0) is 9.26. The first-order valence-corrected chi connectivity index (χ1v) is 4.69. The molecule has 70 valence electrons. The fourth-order valence-electron chi connectivity index (χ4n) is 1.57. The van der Waals surface area contributed by atoms with Crippen LogP contribution in [-0.4, -0.2) is 18.1 Å². The molecule has 0 radical (unpaired) electrons. The van der Waals surface area contributed by atoms with Gasteiger partial charge in [-0.15, -0.1) is 0 Å². The van der Waals surface area contributed by atoms with Crippen LogP contribution in [-0.2, 0) is 6.54 Å². The van der Waals surface area contributed by atoms with Crippen LogP contribution in [0.5, 0.6) is 0 Å². The second-order valence-corrected chi connectivity index (χ2v) is 3.52. The van der Waals surface area contributed by atoms with Crippen molar-refractivity contribution in [3.63, 3.8) is 0 Å². The van der Waals surface area contributed by atoms with E-state index in [1.165, 1.54) is 18.5 Å². The van der Waals surface area contributed by atoms with Gasteiger partial charge in [0, 0.05) is 25.8 Å². The minimum Gasteiger partial charge on any atom is -0.370 e. The van der Waals surface area contributed by atoms with E-state index in [0.29, 0.717) is 6.54 Å². The maximum atomic E-state index is 5.62. The third-order valence-electron chi connectivity index (χ3n) is 2.53. The van der Waals surface area contributed by atoms with Gasteiger partial charge in [-0.2, -0.15) is 0 Å². The van der Waals surface area contributed by atoms with Crippen molar-refractivity contribution in [1.82, 2.24) is 4.98 Å². The molecule has 0 atom stereocenters. The van der Waals surface area contributed by atoms with Gasteiger partial charge >= 0.3 is 0 Å². The van der Waals surface area contributed by atoms with Crippen molar-refractivity contribution in [2.24, 2.45) is 5.73 Å². The number of rotatable bonds is 3. The first-order valence-electron chi connectivity index (χ1n) is 4.69. The largest absolute Gasteiger partial charge is 0.370 e. The summed E-state index contributed by atoms with van der Waals surface area (Å²) in [6.45, 7) is 0.521. The Balaban J connectivity index is 2.26. The Morgan fingerprint density at radius 3 is 3.00 bits per heavy atom. The molecule has 1 fully saturated rings. The lowest BCUT2D eigenvalue weighted by Crippen LogP contribution is -2.22. The normalized spacial score (nSPS) is 15.8. The highest BCUT2D eigenvalue weighted by Gasteiger charge is 2.27. The van der Waals surface area contributed by atoms with E-state index >= 15 is 0 Å². The number of aromatic nitrogens is 1. The van der Waals surface area contributed by atoms with Crippen LogP contribution in [0, 0.1) is 0 Å². The molecule has 3 nitrogen and oxygen atoms in total. The van der Waals surface area contributed by atoms with Crippen molar-refractivity contribution in [3.05, 3.63) is 24.0 Å². The number of nitrogens with two attached hydrogens (primary N) is 1. The lowest BCUT2D eigenvalue weighted by atomic mass is 10.2. The van der Waals surface area contributed by atoms with E-state index in [9.17, 15) is 0 Å². The molecule has 0 bridgehead atoms. The SMILES string of the molecule is CN(c1cccnc1CN)C1CC1. The molecule has 1 aliphatic rings. The summed E-state index contributed by atoms with van der Waals surface area (Å²) in [4.78, 5) is 6.55. The average Bonchev–Trinajstić information content (AvgIpc) is 3.00. The van der Waals surface area contributed by atoms with Crippen LogP contribution in [0.25, 0.3) is 0 Å². The molecular formula is C10H15N3. The lowest BCUT2D eigenvalue weighted by molar-refractivity contribution is 0.879. The average molecular weight is 177 g/mol. The highest BCUT2D eigenvalue weighted by molar-refractivity contribution is 5.51. The predicted octanol–water partition coefficient (Wildman–Crippen LogP) is 1.14. The Hall–Kier alpha value is -1.09. The number of hydrogen-bond acceptors (Lipinski definition) is 3. The topological polar surface area (TPSA) is 42.2 Å². The summed E-state index contributed by atoms with van der Waals surface area (Å²) in [5, 5.41) is 0. The second-order valence-electron chi connectivity index (χ2n) is 3.52. The molecular weight excluding hydrogens is 162 g/mol. The van der Waals surface area contributed by atoms with Crippen LogP contribution in [0.15, 0.2) is 18.3 Å². The molecule has 2 rings (SSSR count). The Morgan fingerprint density at radius 1 is 1.62 bits per heavy atom. The summed E-state index contributed by atoms with van der Waals surface area (Å²) in [6.07, 6.45) is 4.40. The first kappa shape index (κ1) is 8.51. The molecule has 0 spiro atoms. The van der Waals surface area contributed by atoms with Gasteiger partial charge in [0.25, 0.3) is 0 Å². The van der Waals surface area contributed by atoms with Crippen LogP contribution in [0.2, 0.25) is 0 Å². The minimum atomic E-state index is 0.521. The Morgan fingerprint density at radius 2 is 2.38 bits per heavy atom. The van der Waals surface area contributed by atoms with Crippen molar-refractivity contribution in [2.75, 3.05) is 11.9 Å². The second kappa shape index (κ2) is 3.34. The van der Waals surface area contributed by atoms with Crippen LogP contribution < -0.4 is 10.6 Å². The predicted molar refractivity (Wildman–Crippen MR) is 53.6 cm³/mol. The van der Waals surface area contributed by atoms with Crippen molar-refractivity contribution in [1.29, 1.82) is 0 Å². The van der Waals surface area contributed by atoms with E-state index in [4.69, 9.17) is 5.73 Å². The molecule has 13 heavy (non-hydrogen) atoms. The fourth-order valence-corrected chi connectivity index (χ4v) is 1.57. The maximum absolute atomic E-state index is 5.62. The van der Waals surface area contributed by atoms with Crippen LogP contribution in [0.4, 0.5) is 5.69 Å². The number of pyridine rings is 1. The van der Waals surface area contributed by atoms with Gasteiger partial charge in [-0.3, -0.25) is 4.98 Å². The van der Waals surface area contributed by atoms with Gasteiger partial charge in [-0.25, -0.2) is 0 Å². The highest BCUT2D eigenvalue weighted by atomic mass is 15.2. The van der Waals surface area contributed by atoms with Crippen LogP contribution >= 0.6 is 0 Å². The smallest absolute Gasteiger partial charge is 0.0772 e. The summed E-state index contributed by atoms with van der Waals surface area (Å²) in [7, 11) is 2.12. The molecule has 0 unspecified atom stereocenters. The lowest BCUT2D eigenvalue weighted by Gasteiger charge is -2.20. The molecule has 0 saturated heterocycles. The van der Waals surface area contributed by atoms with Crippen molar-refractivity contribution < 1.29 is 0 Å². The minimum absolute atomic E-state index is 0.521. The third-order valence-corrected chi connectivity index (χ3v) is 2.53. The highest BCUT2D eigenvalue weighted by Crippen LogP contribution is 2.31. The molecule has 2 N–H and O–H groups in total. The summed E-state index contributed by atoms with van der Waals surface area (Å²) in [5.41, 5.74) is 7.80. The van der Waals surface area contributed by atoms with E-state index in [1.54, 1.807) is 6.20 Å². The van der Waals surface area contributed by atoms with E-state index in [1.807, 2.05) is 6.07 Å². The zero-order valence-electron chi connectivity index (χ0n) is 7.90. The summed E-state index contributed by atoms with van der Waals surface area (Å²) in [6, 6.07) is 4.77. The van der Waals surface area contributed by atoms with Gasteiger partial charge in [0.2, 0.25) is 0 Å². The van der Waals surface area contributed by atoms with Crippen LogP contribution in [0.1, 0.15) is 18.5 Å². The first-order chi connectivity index (χ1) is 6.33. The third kappa shape index (κ3) is 1.65. The zero-order valence-corrected chi connectivity index (χ0v) is 7.90. The van der Waals surface area contributed by atoms with Crippen molar-refractivity contribution >= 4 is 5.69 Å². The monoisotopic (exact) mass is 177 g/mol. The van der Waals surface area contributed by atoms with E-state index in [-0.39, 0.29) is 0 Å². The van der Waals surface area contributed by atoms with Gasteiger partial charge < -0.3 is 10.6 Å². The Kier molecular flexibility index (Phi) is 2.19. The maximum Gasteiger partial charge on any atom is 0.0772 e. The molecule has 0 amide bonds. The van der Waals surface area contributed by atoms with Gasteiger partial charge in [0.1, 0.15) is 0 Å². The van der Waals surface area contributed by atoms with Crippen LogP contribution in [0.3, 0.4) is 0 Å². The molecule has 1 heterocycles. The Bertz CT molecular complexity index is 294. The summed E-state index contributed by atoms with van der Waals surface area (Å²) >= 11 is 0. The quantitative estimate of drug-likeness (QED) is 0.752. The number of nitrogens with zero attached hydrogens (tertiary/aromatic N) is 2. The summed E-state index contributed by atoms with van der Waals surface area (Å²) in [5.74, 6) is 0. The van der Waals surface area contributed by atoms with Gasteiger partial charge in [0.15, 0.2) is 0 Å². The van der Waals surface area contributed by atoms with Crippen molar-refractivity contribution in [2.45, 2.75) is 25.4 Å². The molecule has 0 aromatic carbocycles. The Labute approximate surface area is 78.6 Å². The van der Waals surface area contributed by atoms with E-state index < -0.39 is 0 Å². The molecule has 3 heteroatoms. The fraction of sp³-hybridized carbons (Fsp3) is 0.500. The van der Waals surface area contributed by atoms with E-state index in [0.717, 1.165) is 11.7 Å². The van der Waals surface area contributed by atoms with Gasteiger partial charge in [-0.1, -0.05) is 0 Å². The molecule has 1 aromatic heterocycles. The number of anilines is 1. The van der Waals surface area contributed by atoms with Gasteiger partial charge in [-0.05, 0) is 25.0 Å². The number of hydrogen-bond donors (Lipinski definition) is 1. The van der Waals surface area contributed by atoms with E-state index in [2.05, 4.69) is 23.0 Å². The molecule has 1 aromatic rings. The molecule has 0 aliphatic heterocycles. The van der Waals surface area contributed by atoms with Gasteiger partial charge in [0.05, 0.1) is 11.4 Å².